The fourth-order valence-electron chi connectivity index (χ4n) is 4.55. The van der Waals surface area contributed by atoms with Gasteiger partial charge in [-0.1, -0.05) is 17.3 Å². The maximum Gasteiger partial charge on any atom is 0.298 e. The Morgan fingerprint density at radius 1 is 1.18 bits per heavy atom. The Morgan fingerprint density at radius 2 is 1.96 bits per heavy atom. The number of nitrogens with zero attached hydrogens (tertiary/aromatic N) is 4. The molecule has 7 heteroatoms. The van der Waals surface area contributed by atoms with Gasteiger partial charge >= 0.3 is 0 Å². The molecule has 1 spiro atoms. The van der Waals surface area contributed by atoms with Gasteiger partial charge in [-0.05, 0) is 38.8 Å². The Kier molecular flexibility index (Phi) is 3.92. The second kappa shape index (κ2) is 6.36. The fourth-order valence-corrected chi connectivity index (χ4v) is 4.55. The predicted octanol–water partition coefficient (Wildman–Crippen LogP) is 3.45. The van der Waals surface area contributed by atoms with Crippen LogP contribution in [0.3, 0.4) is 0 Å². The number of carbonyl (C=O) groups is 1. The Bertz CT molecular complexity index is 977. The number of likely N-dealkylation sites (tertiary alicyclic amines) is 1. The van der Waals surface area contributed by atoms with Gasteiger partial charge in [-0.2, -0.15) is 4.98 Å². The van der Waals surface area contributed by atoms with E-state index in [1.54, 1.807) is 0 Å². The molecule has 7 nitrogen and oxygen atoms in total. The lowest BCUT2D eigenvalue weighted by atomic mass is 9.78. The van der Waals surface area contributed by atoms with E-state index >= 15 is 0 Å². The molecule has 0 bridgehead atoms. The number of amides is 1. The summed E-state index contributed by atoms with van der Waals surface area (Å²) in [7, 11) is 0. The Balaban J connectivity index is 1.27. The van der Waals surface area contributed by atoms with E-state index in [1.807, 2.05) is 43.0 Å². The van der Waals surface area contributed by atoms with E-state index in [0.29, 0.717) is 19.0 Å². The van der Waals surface area contributed by atoms with Gasteiger partial charge in [0.2, 0.25) is 5.91 Å². The number of hydrogen-bond acceptors (Lipinski definition) is 6. The molecular weight excluding hydrogens is 356 g/mol. The number of fused-ring (bicyclic) bond motifs is 1. The third kappa shape index (κ3) is 2.85. The molecule has 2 aliphatic rings. The summed E-state index contributed by atoms with van der Waals surface area (Å²) in [5, 5.41) is 4.01. The molecule has 0 unspecified atom stereocenters. The number of aryl methyl sites for hydroxylation is 2. The van der Waals surface area contributed by atoms with Crippen molar-refractivity contribution >= 4 is 23.0 Å². The van der Waals surface area contributed by atoms with Crippen molar-refractivity contribution < 1.29 is 13.7 Å². The van der Waals surface area contributed by atoms with Crippen LogP contribution in [0.4, 0.5) is 6.01 Å². The van der Waals surface area contributed by atoms with Crippen LogP contribution < -0.4 is 4.90 Å². The number of oxazole rings is 1. The third-order valence-electron chi connectivity index (χ3n) is 6.31. The molecule has 2 aromatic heterocycles. The maximum atomic E-state index is 12.7. The molecule has 4 heterocycles. The first-order valence-electron chi connectivity index (χ1n) is 9.83. The molecule has 28 heavy (non-hydrogen) atoms. The highest BCUT2D eigenvalue weighted by Gasteiger charge is 2.45. The summed E-state index contributed by atoms with van der Waals surface area (Å²) in [5.74, 6) is 1.03. The SMILES string of the molecule is Cc1noc(C)c1CN1CC2(CCN(c3nc4ccccc4o3)CC2)CC1=O. The third-order valence-corrected chi connectivity index (χ3v) is 6.31. The van der Waals surface area contributed by atoms with Crippen LogP contribution in [-0.2, 0) is 11.3 Å². The van der Waals surface area contributed by atoms with Gasteiger partial charge in [0.15, 0.2) is 5.58 Å². The quantitative estimate of drug-likeness (QED) is 0.693. The molecular formula is C21H24N4O3. The molecule has 146 valence electrons. The van der Waals surface area contributed by atoms with E-state index < -0.39 is 0 Å². The summed E-state index contributed by atoms with van der Waals surface area (Å²) in [5.41, 5.74) is 3.67. The molecule has 2 saturated heterocycles. The fraction of sp³-hybridized carbons (Fsp3) is 0.476. The van der Waals surface area contributed by atoms with Crippen LogP contribution in [0.1, 0.15) is 36.3 Å². The molecule has 0 saturated carbocycles. The van der Waals surface area contributed by atoms with E-state index in [-0.39, 0.29) is 11.3 Å². The zero-order valence-corrected chi connectivity index (χ0v) is 16.3. The lowest BCUT2D eigenvalue weighted by Crippen LogP contribution is -2.41. The lowest BCUT2D eigenvalue weighted by molar-refractivity contribution is -0.128. The smallest absolute Gasteiger partial charge is 0.298 e. The molecule has 1 aromatic carbocycles. The number of carbonyl (C=O) groups excluding carboxylic acids is 1. The summed E-state index contributed by atoms with van der Waals surface area (Å²) in [4.78, 5) is 21.5. The molecule has 5 rings (SSSR count). The molecule has 0 N–H and O–H groups in total. The minimum absolute atomic E-state index is 0.0541. The molecule has 0 radical (unpaired) electrons. The minimum atomic E-state index is 0.0541. The number of aromatic nitrogens is 2. The predicted molar refractivity (Wildman–Crippen MR) is 104 cm³/mol. The van der Waals surface area contributed by atoms with Crippen LogP contribution in [-0.4, -0.2) is 40.6 Å². The first-order chi connectivity index (χ1) is 13.5. The van der Waals surface area contributed by atoms with Gasteiger partial charge < -0.3 is 18.7 Å². The number of piperidine rings is 1. The Labute approximate surface area is 163 Å². The van der Waals surface area contributed by atoms with Crippen molar-refractivity contribution in [2.24, 2.45) is 5.41 Å². The molecule has 0 aliphatic carbocycles. The van der Waals surface area contributed by atoms with Crippen molar-refractivity contribution in [3.63, 3.8) is 0 Å². The molecule has 2 fully saturated rings. The van der Waals surface area contributed by atoms with Crippen molar-refractivity contribution in [1.29, 1.82) is 0 Å². The van der Waals surface area contributed by atoms with E-state index in [1.165, 1.54) is 0 Å². The largest absolute Gasteiger partial charge is 0.423 e. The highest BCUT2D eigenvalue weighted by atomic mass is 16.5. The van der Waals surface area contributed by atoms with Crippen LogP contribution in [0.25, 0.3) is 11.1 Å². The summed E-state index contributed by atoms with van der Waals surface area (Å²) in [6, 6.07) is 8.53. The first kappa shape index (κ1) is 17.3. The summed E-state index contributed by atoms with van der Waals surface area (Å²) in [6.45, 7) is 6.96. The minimum Gasteiger partial charge on any atom is -0.423 e. The standard InChI is InChI=1S/C21H24N4O3/c1-14-16(15(2)28-23-14)12-25-13-21(11-19(25)26)7-9-24(10-8-21)20-22-17-5-3-4-6-18(17)27-20/h3-6H,7-13H2,1-2H3. The molecule has 3 aromatic rings. The van der Waals surface area contributed by atoms with Crippen LogP contribution >= 0.6 is 0 Å². The maximum absolute atomic E-state index is 12.7. The van der Waals surface area contributed by atoms with E-state index in [2.05, 4.69) is 15.0 Å². The average Bonchev–Trinajstić information content (AvgIpc) is 3.34. The summed E-state index contributed by atoms with van der Waals surface area (Å²) >= 11 is 0. The number of rotatable bonds is 3. The number of para-hydroxylation sites is 2. The lowest BCUT2D eigenvalue weighted by Gasteiger charge is -2.38. The van der Waals surface area contributed by atoms with Crippen LogP contribution in [0, 0.1) is 19.3 Å². The van der Waals surface area contributed by atoms with Gasteiger partial charge in [-0.25, -0.2) is 0 Å². The average molecular weight is 380 g/mol. The van der Waals surface area contributed by atoms with Crippen molar-refractivity contribution in [3.8, 4) is 0 Å². The van der Waals surface area contributed by atoms with Gasteiger partial charge in [0.05, 0.1) is 12.2 Å². The van der Waals surface area contributed by atoms with Crippen molar-refractivity contribution in [2.75, 3.05) is 24.5 Å². The zero-order valence-electron chi connectivity index (χ0n) is 16.3. The molecule has 0 atom stereocenters. The highest BCUT2D eigenvalue weighted by molar-refractivity contribution is 5.79. The van der Waals surface area contributed by atoms with Crippen molar-refractivity contribution in [1.82, 2.24) is 15.0 Å². The van der Waals surface area contributed by atoms with Gasteiger partial charge in [-0.15, -0.1) is 0 Å². The second-order valence-corrected chi connectivity index (χ2v) is 8.18. The van der Waals surface area contributed by atoms with Gasteiger partial charge in [-0.3, -0.25) is 4.79 Å². The Morgan fingerprint density at radius 3 is 2.68 bits per heavy atom. The molecule has 2 aliphatic heterocycles. The first-order valence-corrected chi connectivity index (χ1v) is 9.83. The van der Waals surface area contributed by atoms with Gasteiger partial charge in [0.25, 0.3) is 6.01 Å². The van der Waals surface area contributed by atoms with E-state index in [9.17, 15) is 4.79 Å². The molecule has 1 amide bonds. The van der Waals surface area contributed by atoms with Crippen LogP contribution in [0.15, 0.2) is 33.2 Å². The normalized spacial score (nSPS) is 19.3. The Hall–Kier alpha value is -2.83. The zero-order chi connectivity index (χ0) is 19.3. The van der Waals surface area contributed by atoms with Crippen molar-refractivity contribution in [3.05, 3.63) is 41.3 Å². The number of benzene rings is 1. The van der Waals surface area contributed by atoms with E-state index in [4.69, 9.17) is 8.94 Å². The van der Waals surface area contributed by atoms with Gasteiger partial charge in [0.1, 0.15) is 11.3 Å². The monoisotopic (exact) mass is 380 g/mol. The van der Waals surface area contributed by atoms with Crippen LogP contribution in [0.5, 0.6) is 0 Å². The topological polar surface area (TPSA) is 75.6 Å². The second-order valence-electron chi connectivity index (χ2n) is 8.18. The summed E-state index contributed by atoms with van der Waals surface area (Å²) in [6.07, 6.45) is 2.56. The number of hydrogen-bond donors (Lipinski definition) is 0. The highest BCUT2D eigenvalue weighted by Crippen LogP contribution is 2.42. The van der Waals surface area contributed by atoms with E-state index in [0.717, 1.165) is 60.6 Å². The number of anilines is 1. The summed E-state index contributed by atoms with van der Waals surface area (Å²) < 4.78 is 11.2. The van der Waals surface area contributed by atoms with Crippen LogP contribution in [0.2, 0.25) is 0 Å². The van der Waals surface area contributed by atoms with Gasteiger partial charge in [0, 0.05) is 37.0 Å². The van der Waals surface area contributed by atoms with Crippen molar-refractivity contribution in [2.45, 2.75) is 39.7 Å².